The Morgan fingerprint density at radius 2 is 1.40 bits per heavy atom. The van der Waals surface area contributed by atoms with E-state index >= 15 is 0 Å². The lowest BCUT2D eigenvalue weighted by atomic mass is 9.86. The first-order valence-corrected chi connectivity index (χ1v) is 16.3. The number of nitrogens with one attached hydrogen (secondary N) is 2. The molecule has 0 aliphatic heterocycles. The predicted molar refractivity (Wildman–Crippen MR) is 179 cm³/mol. The zero-order valence-corrected chi connectivity index (χ0v) is 27.2. The van der Waals surface area contributed by atoms with Crippen molar-refractivity contribution in [1.29, 1.82) is 0 Å². The minimum Gasteiger partial charge on any atom is -0.473 e. The SMILES string of the molecule is CC1CCCCC1NC(=O)c1ccc(OCc2cccc(CC(C)[C@@H](C)NC(=O)c3ccc(OCc4cccc(F)c4)nc3)c2)nc1. The molecule has 1 aliphatic rings. The van der Waals surface area contributed by atoms with E-state index in [-0.39, 0.29) is 42.2 Å². The molecule has 2 amide bonds. The molecule has 0 saturated heterocycles. The van der Waals surface area contributed by atoms with E-state index in [0.29, 0.717) is 41.0 Å². The van der Waals surface area contributed by atoms with Gasteiger partial charge in [0.2, 0.25) is 11.8 Å². The molecule has 0 radical (unpaired) electrons. The van der Waals surface area contributed by atoms with Gasteiger partial charge in [-0.05, 0) is 79.0 Å². The Morgan fingerprint density at radius 1 is 0.809 bits per heavy atom. The third-order valence-corrected chi connectivity index (χ3v) is 8.85. The largest absolute Gasteiger partial charge is 0.473 e. The molecule has 3 unspecified atom stereocenters. The second-order valence-electron chi connectivity index (χ2n) is 12.6. The Hall–Kier alpha value is -4.79. The van der Waals surface area contributed by atoms with Gasteiger partial charge < -0.3 is 20.1 Å². The molecule has 2 aromatic carbocycles. The number of carbonyl (C=O) groups excluding carboxylic acids is 2. The number of amides is 2. The van der Waals surface area contributed by atoms with Crippen molar-refractivity contribution >= 4 is 11.8 Å². The lowest BCUT2D eigenvalue weighted by Crippen LogP contribution is -2.41. The average molecular weight is 639 g/mol. The summed E-state index contributed by atoms with van der Waals surface area (Å²) < 4.78 is 24.9. The number of hydrogen-bond donors (Lipinski definition) is 2. The minimum absolute atomic E-state index is 0.0894. The van der Waals surface area contributed by atoms with Crippen LogP contribution in [0.5, 0.6) is 11.8 Å². The van der Waals surface area contributed by atoms with E-state index in [1.165, 1.54) is 24.8 Å². The van der Waals surface area contributed by atoms with E-state index < -0.39 is 0 Å². The van der Waals surface area contributed by atoms with Crippen LogP contribution in [0.2, 0.25) is 0 Å². The van der Waals surface area contributed by atoms with Crippen LogP contribution in [0.15, 0.2) is 85.2 Å². The molecule has 2 aromatic heterocycles. The summed E-state index contributed by atoms with van der Waals surface area (Å²) in [4.78, 5) is 34.2. The Labute approximate surface area is 276 Å². The first kappa shape index (κ1) is 33.6. The van der Waals surface area contributed by atoms with Crippen molar-refractivity contribution in [3.05, 3.63) is 119 Å². The Balaban J connectivity index is 1.06. The van der Waals surface area contributed by atoms with Crippen LogP contribution in [0.3, 0.4) is 0 Å². The zero-order valence-electron chi connectivity index (χ0n) is 27.2. The molecule has 246 valence electrons. The number of rotatable bonds is 13. The third-order valence-electron chi connectivity index (χ3n) is 8.85. The fourth-order valence-electron chi connectivity index (χ4n) is 5.75. The summed E-state index contributed by atoms with van der Waals surface area (Å²) in [6.07, 6.45) is 8.38. The van der Waals surface area contributed by atoms with Gasteiger partial charge in [-0.15, -0.1) is 0 Å². The molecule has 9 heteroatoms. The number of aromatic nitrogens is 2. The summed E-state index contributed by atoms with van der Waals surface area (Å²) in [5.41, 5.74) is 3.81. The summed E-state index contributed by atoms with van der Waals surface area (Å²) >= 11 is 0. The lowest BCUT2D eigenvalue weighted by Gasteiger charge is -2.29. The monoisotopic (exact) mass is 638 g/mol. The number of nitrogens with zero attached hydrogens (tertiary/aromatic N) is 2. The van der Waals surface area contributed by atoms with E-state index in [0.717, 1.165) is 36.8 Å². The zero-order chi connectivity index (χ0) is 33.2. The van der Waals surface area contributed by atoms with Crippen LogP contribution in [-0.4, -0.2) is 33.9 Å². The summed E-state index contributed by atoms with van der Waals surface area (Å²) in [6.45, 7) is 6.82. The molecule has 8 nitrogen and oxygen atoms in total. The maximum absolute atomic E-state index is 13.4. The van der Waals surface area contributed by atoms with Gasteiger partial charge in [-0.2, -0.15) is 0 Å². The van der Waals surface area contributed by atoms with Gasteiger partial charge in [-0.25, -0.2) is 14.4 Å². The summed E-state index contributed by atoms with van der Waals surface area (Å²) in [6, 6.07) is 21.3. The topological polar surface area (TPSA) is 102 Å². The highest BCUT2D eigenvalue weighted by molar-refractivity contribution is 5.94. The molecule has 2 heterocycles. The van der Waals surface area contributed by atoms with E-state index in [1.807, 2.05) is 19.1 Å². The van der Waals surface area contributed by atoms with Crippen molar-refractivity contribution in [2.75, 3.05) is 0 Å². The summed E-state index contributed by atoms with van der Waals surface area (Å²) in [7, 11) is 0. The van der Waals surface area contributed by atoms with Gasteiger partial charge in [0, 0.05) is 36.6 Å². The van der Waals surface area contributed by atoms with Crippen molar-refractivity contribution in [3.63, 3.8) is 0 Å². The fourth-order valence-corrected chi connectivity index (χ4v) is 5.75. The van der Waals surface area contributed by atoms with Crippen LogP contribution < -0.4 is 20.1 Å². The van der Waals surface area contributed by atoms with Crippen molar-refractivity contribution < 1.29 is 23.5 Å². The fraction of sp³-hybridized carbons (Fsp3) is 0.368. The maximum atomic E-state index is 13.4. The third kappa shape index (κ3) is 9.85. The van der Waals surface area contributed by atoms with Gasteiger partial charge in [0.05, 0.1) is 11.1 Å². The predicted octanol–water partition coefficient (Wildman–Crippen LogP) is 7.08. The number of carbonyl (C=O) groups is 2. The van der Waals surface area contributed by atoms with E-state index in [9.17, 15) is 14.0 Å². The van der Waals surface area contributed by atoms with Gasteiger partial charge in [0.15, 0.2) is 0 Å². The van der Waals surface area contributed by atoms with Crippen LogP contribution in [-0.2, 0) is 19.6 Å². The molecular formula is C38H43FN4O4. The molecule has 0 spiro atoms. The first-order valence-electron chi connectivity index (χ1n) is 16.3. The Morgan fingerprint density at radius 3 is 2.02 bits per heavy atom. The van der Waals surface area contributed by atoms with Crippen LogP contribution >= 0.6 is 0 Å². The van der Waals surface area contributed by atoms with E-state index in [4.69, 9.17) is 9.47 Å². The molecule has 47 heavy (non-hydrogen) atoms. The van der Waals surface area contributed by atoms with Crippen molar-refractivity contribution in [3.8, 4) is 11.8 Å². The summed E-state index contributed by atoms with van der Waals surface area (Å²) in [5, 5.41) is 6.24. The van der Waals surface area contributed by atoms with Gasteiger partial charge in [-0.3, -0.25) is 9.59 Å². The lowest BCUT2D eigenvalue weighted by molar-refractivity contribution is 0.0906. The van der Waals surface area contributed by atoms with E-state index in [2.05, 4.69) is 46.6 Å². The van der Waals surface area contributed by atoms with Crippen LogP contribution in [0.1, 0.15) is 83.9 Å². The van der Waals surface area contributed by atoms with Crippen LogP contribution in [0.25, 0.3) is 0 Å². The highest BCUT2D eigenvalue weighted by atomic mass is 19.1. The van der Waals surface area contributed by atoms with E-state index in [1.54, 1.807) is 42.6 Å². The van der Waals surface area contributed by atoms with Crippen molar-refractivity contribution in [2.45, 2.75) is 78.2 Å². The highest BCUT2D eigenvalue weighted by Gasteiger charge is 2.23. The molecular weight excluding hydrogens is 595 g/mol. The summed E-state index contributed by atoms with van der Waals surface area (Å²) in [5.74, 6) is 0.850. The molecule has 5 rings (SSSR count). The number of benzene rings is 2. The van der Waals surface area contributed by atoms with Gasteiger partial charge in [0.1, 0.15) is 19.0 Å². The van der Waals surface area contributed by atoms with Crippen molar-refractivity contribution in [1.82, 2.24) is 20.6 Å². The maximum Gasteiger partial charge on any atom is 0.253 e. The average Bonchev–Trinajstić information content (AvgIpc) is 3.08. The molecule has 4 atom stereocenters. The molecule has 4 aromatic rings. The van der Waals surface area contributed by atoms with Gasteiger partial charge >= 0.3 is 0 Å². The smallest absolute Gasteiger partial charge is 0.253 e. The quantitative estimate of drug-likeness (QED) is 0.162. The molecule has 1 fully saturated rings. The second kappa shape index (κ2) is 16.2. The molecule has 2 N–H and O–H groups in total. The van der Waals surface area contributed by atoms with Crippen molar-refractivity contribution in [2.24, 2.45) is 11.8 Å². The number of ether oxygens (including phenoxy) is 2. The molecule has 1 saturated carbocycles. The standard InChI is InChI=1S/C38H43FN4O4/c1-25-8-4-5-13-34(25)43-38(45)32-15-17-35(41-22-32)46-23-29-10-6-9-28(19-29)18-26(2)27(3)42-37(44)31-14-16-36(40-21-31)47-24-30-11-7-12-33(39)20-30/h6-7,9-12,14-17,19-22,25-27,34H,4-5,8,13,18,23-24H2,1-3H3,(H,42,44)(H,43,45)/t25?,26?,27-,34?/m1/s1. The number of hydrogen-bond acceptors (Lipinski definition) is 6. The normalized spacial score (nSPS) is 17.3. The number of pyridine rings is 2. The minimum atomic E-state index is -0.321. The van der Waals surface area contributed by atoms with Crippen LogP contribution in [0.4, 0.5) is 4.39 Å². The molecule has 1 aliphatic carbocycles. The Bertz CT molecular complexity index is 1630. The number of halogens is 1. The second-order valence-corrected chi connectivity index (χ2v) is 12.6. The van der Waals surface area contributed by atoms with Gasteiger partial charge in [0.25, 0.3) is 11.8 Å². The van der Waals surface area contributed by atoms with Gasteiger partial charge in [-0.1, -0.05) is 63.1 Å². The molecule has 0 bridgehead atoms. The first-order chi connectivity index (χ1) is 22.7. The van der Waals surface area contributed by atoms with Crippen LogP contribution in [0, 0.1) is 17.7 Å². The highest BCUT2D eigenvalue weighted by Crippen LogP contribution is 2.24. The Kier molecular flexibility index (Phi) is 11.5.